The standard InChI is InChI=1S/C14H23N3O2/c1-14(16,13(15)18)9-4-10-17(2)11-5-7-12(19-3)8-6-11/h5-8H,4,9-10,16H2,1-3H3,(H2,15,18). The van der Waals surface area contributed by atoms with Crippen molar-refractivity contribution in [3.05, 3.63) is 24.3 Å². The number of rotatable bonds is 7. The molecule has 0 aliphatic carbocycles. The Morgan fingerprint density at radius 2 is 1.95 bits per heavy atom. The van der Waals surface area contributed by atoms with Gasteiger partial charge in [-0.15, -0.1) is 0 Å². The van der Waals surface area contributed by atoms with Crippen LogP contribution in [0.25, 0.3) is 0 Å². The number of hydrogen-bond donors (Lipinski definition) is 2. The lowest BCUT2D eigenvalue weighted by Gasteiger charge is -2.24. The number of methoxy groups -OCH3 is 1. The van der Waals surface area contributed by atoms with Crippen molar-refractivity contribution in [3.8, 4) is 5.75 Å². The summed E-state index contributed by atoms with van der Waals surface area (Å²) in [5.74, 6) is 0.375. The fraction of sp³-hybridized carbons (Fsp3) is 0.500. The van der Waals surface area contributed by atoms with Crippen LogP contribution in [-0.4, -0.2) is 32.1 Å². The highest BCUT2D eigenvalue weighted by Crippen LogP contribution is 2.19. The van der Waals surface area contributed by atoms with Gasteiger partial charge < -0.3 is 21.1 Å². The molecule has 1 rings (SSSR count). The molecule has 4 N–H and O–H groups in total. The summed E-state index contributed by atoms with van der Waals surface area (Å²) < 4.78 is 5.11. The summed E-state index contributed by atoms with van der Waals surface area (Å²) in [6, 6.07) is 7.83. The Morgan fingerprint density at radius 1 is 1.37 bits per heavy atom. The van der Waals surface area contributed by atoms with E-state index in [4.69, 9.17) is 16.2 Å². The van der Waals surface area contributed by atoms with E-state index in [2.05, 4.69) is 4.90 Å². The first kappa shape index (κ1) is 15.3. The molecule has 0 spiro atoms. The maximum Gasteiger partial charge on any atom is 0.237 e. The molecule has 0 saturated heterocycles. The Kier molecular flexibility index (Phi) is 5.18. The molecule has 106 valence electrons. The third-order valence-electron chi connectivity index (χ3n) is 3.27. The molecule has 0 fully saturated rings. The van der Waals surface area contributed by atoms with Crippen LogP contribution in [0.1, 0.15) is 19.8 Å². The molecule has 0 aliphatic heterocycles. The fourth-order valence-corrected chi connectivity index (χ4v) is 1.77. The Morgan fingerprint density at radius 3 is 2.42 bits per heavy atom. The quantitative estimate of drug-likeness (QED) is 0.774. The van der Waals surface area contributed by atoms with Gasteiger partial charge in [0.2, 0.25) is 5.91 Å². The normalized spacial score (nSPS) is 13.7. The van der Waals surface area contributed by atoms with Crippen LogP contribution >= 0.6 is 0 Å². The third kappa shape index (κ3) is 4.44. The van der Waals surface area contributed by atoms with Crippen LogP contribution in [0.5, 0.6) is 5.75 Å². The van der Waals surface area contributed by atoms with E-state index < -0.39 is 11.4 Å². The molecule has 1 aromatic carbocycles. The minimum absolute atomic E-state index is 0.459. The number of primary amides is 1. The number of carbonyl (C=O) groups is 1. The molecule has 0 radical (unpaired) electrons. The smallest absolute Gasteiger partial charge is 0.237 e. The fourth-order valence-electron chi connectivity index (χ4n) is 1.77. The van der Waals surface area contributed by atoms with Crippen molar-refractivity contribution in [2.45, 2.75) is 25.3 Å². The monoisotopic (exact) mass is 265 g/mol. The summed E-state index contributed by atoms with van der Waals surface area (Å²) >= 11 is 0. The van der Waals surface area contributed by atoms with Gasteiger partial charge in [0.05, 0.1) is 12.6 Å². The largest absolute Gasteiger partial charge is 0.497 e. The minimum Gasteiger partial charge on any atom is -0.497 e. The SMILES string of the molecule is COc1ccc(N(C)CCCC(C)(N)C(N)=O)cc1. The second-order valence-electron chi connectivity index (χ2n) is 5.00. The maximum absolute atomic E-state index is 11.1. The maximum atomic E-state index is 11.1. The first-order valence-corrected chi connectivity index (χ1v) is 6.31. The van der Waals surface area contributed by atoms with Crippen LogP contribution < -0.4 is 21.1 Å². The van der Waals surface area contributed by atoms with E-state index in [1.807, 2.05) is 31.3 Å². The van der Waals surface area contributed by atoms with E-state index in [1.54, 1.807) is 14.0 Å². The average Bonchev–Trinajstić information content (AvgIpc) is 2.38. The van der Waals surface area contributed by atoms with Crippen molar-refractivity contribution in [1.29, 1.82) is 0 Å². The summed E-state index contributed by atoms with van der Waals surface area (Å²) in [5, 5.41) is 0. The molecular weight excluding hydrogens is 242 g/mol. The van der Waals surface area contributed by atoms with E-state index in [0.29, 0.717) is 6.42 Å². The van der Waals surface area contributed by atoms with Crippen molar-refractivity contribution < 1.29 is 9.53 Å². The number of hydrogen-bond acceptors (Lipinski definition) is 4. The van der Waals surface area contributed by atoms with Crippen LogP contribution in [-0.2, 0) is 4.79 Å². The van der Waals surface area contributed by atoms with E-state index in [9.17, 15) is 4.79 Å². The predicted octanol–water partition coefficient (Wildman–Crippen LogP) is 1.11. The molecule has 0 saturated carbocycles. The van der Waals surface area contributed by atoms with Gasteiger partial charge in [-0.05, 0) is 44.0 Å². The van der Waals surface area contributed by atoms with Crippen LogP contribution in [0, 0.1) is 0 Å². The zero-order valence-corrected chi connectivity index (χ0v) is 11.8. The van der Waals surface area contributed by atoms with Gasteiger partial charge in [0.15, 0.2) is 0 Å². The van der Waals surface area contributed by atoms with Gasteiger partial charge in [0, 0.05) is 19.3 Å². The second kappa shape index (κ2) is 6.43. The molecule has 0 aromatic heterocycles. The zero-order chi connectivity index (χ0) is 14.5. The molecule has 1 amide bonds. The van der Waals surface area contributed by atoms with Gasteiger partial charge in [-0.2, -0.15) is 0 Å². The van der Waals surface area contributed by atoms with Gasteiger partial charge in [-0.3, -0.25) is 4.79 Å². The van der Waals surface area contributed by atoms with Gasteiger partial charge in [-0.25, -0.2) is 0 Å². The average molecular weight is 265 g/mol. The topological polar surface area (TPSA) is 81.6 Å². The lowest BCUT2D eigenvalue weighted by atomic mass is 9.96. The Hall–Kier alpha value is -1.75. The van der Waals surface area contributed by atoms with Crippen molar-refractivity contribution in [1.82, 2.24) is 0 Å². The Balaban J connectivity index is 2.46. The molecular formula is C14H23N3O2. The molecule has 0 heterocycles. The van der Waals surface area contributed by atoms with Crippen LogP contribution in [0.3, 0.4) is 0 Å². The minimum atomic E-state index is -0.930. The summed E-state index contributed by atoms with van der Waals surface area (Å²) in [4.78, 5) is 13.2. The second-order valence-corrected chi connectivity index (χ2v) is 5.00. The predicted molar refractivity (Wildman–Crippen MR) is 77.3 cm³/mol. The van der Waals surface area contributed by atoms with Crippen molar-refractivity contribution >= 4 is 11.6 Å². The summed E-state index contributed by atoms with van der Waals surface area (Å²) in [6.45, 7) is 2.48. The highest BCUT2D eigenvalue weighted by atomic mass is 16.5. The van der Waals surface area contributed by atoms with Gasteiger partial charge in [0.25, 0.3) is 0 Å². The number of amides is 1. The number of nitrogens with zero attached hydrogens (tertiary/aromatic N) is 1. The molecule has 1 aromatic rings. The molecule has 1 unspecified atom stereocenters. The number of carbonyl (C=O) groups excluding carboxylic acids is 1. The molecule has 5 heteroatoms. The molecule has 0 aliphatic rings. The molecule has 0 bridgehead atoms. The molecule has 5 nitrogen and oxygen atoms in total. The van der Waals surface area contributed by atoms with Crippen LogP contribution in [0.4, 0.5) is 5.69 Å². The Labute approximate surface area is 114 Å². The number of ether oxygens (including phenoxy) is 1. The van der Waals surface area contributed by atoms with Gasteiger partial charge >= 0.3 is 0 Å². The van der Waals surface area contributed by atoms with Gasteiger partial charge in [-0.1, -0.05) is 0 Å². The van der Waals surface area contributed by atoms with E-state index in [-0.39, 0.29) is 0 Å². The summed E-state index contributed by atoms with van der Waals surface area (Å²) in [7, 11) is 3.64. The van der Waals surface area contributed by atoms with E-state index in [1.165, 1.54) is 0 Å². The summed E-state index contributed by atoms with van der Waals surface area (Å²) in [5.41, 5.74) is 11.2. The highest BCUT2D eigenvalue weighted by Gasteiger charge is 2.24. The van der Waals surface area contributed by atoms with Crippen LogP contribution in [0.2, 0.25) is 0 Å². The lowest BCUT2D eigenvalue weighted by molar-refractivity contribution is -0.122. The zero-order valence-electron chi connectivity index (χ0n) is 11.8. The van der Waals surface area contributed by atoms with Crippen molar-refractivity contribution in [2.24, 2.45) is 11.5 Å². The van der Waals surface area contributed by atoms with Gasteiger partial charge in [0.1, 0.15) is 5.75 Å². The lowest BCUT2D eigenvalue weighted by Crippen LogP contribution is -2.49. The Bertz CT molecular complexity index is 415. The summed E-state index contributed by atoms with van der Waals surface area (Å²) in [6.07, 6.45) is 1.38. The first-order chi connectivity index (χ1) is 8.86. The third-order valence-corrected chi connectivity index (χ3v) is 3.27. The van der Waals surface area contributed by atoms with Crippen LogP contribution in [0.15, 0.2) is 24.3 Å². The molecule has 1 atom stereocenters. The number of benzene rings is 1. The number of nitrogens with two attached hydrogens (primary N) is 2. The van der Waals surface area contributed by atoms with E-state index in [0.717, 1.165) is 24.4 Å². The van der Waals surface area contributed by atoms with E-state index >= 15 is 0 Å². The molecule has 19 heavy (non-hydrogen) atoms. The van der Waals surface area contributed by atoms with Crippen molar-refractivity contribution in [2.75, 3.05) is 25.6 Å². The number of anilines is 1. The first-order valence-electron chi connectivity index (χ1n) is 6.31. The highest BCUT2D eigenvalue weighted by molar-refractivity contribution is 5.83. The van der Waals surface area contributed by atoms with Crippen molar-refractivity contribution in [3.63, 3.8) is 0 Å².